The first-order valence-electron chi connectivity index (χ1n) is 6.91. The van der Waals surface area contributed by atoms with Gasteiger partial charge in [0.05, 0.1) is 5.75 Å². The van der Waals surface area contributed by atoms with Crippen molar-refractivity contribution in [2.45, 2.75) is 38.2 Å². The van der Waals surface area contributed by atoms with Crippen LogP contribution >= 0.6 is 23.5 Å². The molecule has 1 aromatic rings. The molecule has 1 amide bonds. The van der Waals surface area contributed by atoms with E-state index >= 15 is 0 Å². The highest BCUT2D eigenvalue weighted by Gasteiger charge is 2.10. The van der Waals surface area contributed by atoms with Crippen molar-refractivity contribution in [2.75, 3.05) is 18.1 Å². The standard InChI is InChI=1S/C16H25NOS2/c1-13-5-7-14(8-6-13)11-19-12-15(18)17-9-10-20-16(2,3)4/h5-8H,9-12H2,1-4H3,(H,17,18). The molecule has 0 heterocycles. The zero-order chi connectivity index (χ0) is 15.0. The first-order valence-corrected chi connectivity index (χ1v) is 9.05. The maximum atomic E-state index is 11.7. The molecule has 1 rings (SSSR count). The van der Waals surface area contributed by atoms with Crippen molar-refractivity contribution in [3.8, 4) is 0 Å². The molecular formula is C16H25NOS2. The zero-order valence-electron chi connectivity index (χ0n) is 12.9. The minimum atomic E-state index is 0.136. The summed E-state index contributed by atoms with van der Waals surface area (Å²) in [7, 11) is 0. The number of benzene rings is 1. The first kappa shape index (κ1) is 17.4. The van der Waals surface area contributed by atoms with E-state index in [1.54, 1.807) is 11.8 Å². The number of thioether (sulfide) groups is 2. The molecule has 0 aliphatic rings. The summed E-state index contributed by atoms with van der Waals surface area (Å²) in [5, 5.41) is 2.97. The van der Waals surface area contributed by atoms with Crippen molar-refractivity contribution in [2.24, 2.45) is 0 Å². The van der Waals surface area contributed by atoms with Gasteiger partial charge in [-0.3, -0.25) is 4.79 Å². The minimum absolute atomic E-state index is 0.136. The number of hydrogen-bond donors (Lipinski definition) is 1. The fourth-order valence-corrected chi connectivity index (χ4v) is 3.18. The number of hydrogen-bond acceptors (Lipinski definition) is 3. The van der Waals surface area contributed by atoms with Gasteiger partial charge in [-0.25, -0.2) is 0 Å². The molecule has 2 nitrogen and oxygen atoms in total. The quantitative estimate of drug-likeness (QED) is 0.775. The Bertz CT molecular complexity index is 409. The topological polar surface area (TPSA) is 29.1 Å². The normalized spacial score (nSPS) is 11.4. The summed E-state index contributed by atoms with van der Waals surface area (Å²) in [5.41, 5.74) is 2.55. The Morgan fingerprint density at radius 1 is 1.20 bits per heavy atom. The summed E-state index contributed by atoms with van der Waals surface area (Å²) < 4.78 is 0.269. The van der Waals surface area contributed by atoms with Gasteiger partial charge in [-0.2, -0.15) is 11.8 Å². The van der Waals surface area contributed by atoms with Gasteiger partial charge in [-0.05, 0) is 12.5 Å². The van der Waals surface area contributed by atoms with Crippen LogP contribution in [0, 0.1) is 6.92 Å². The van der Waals surface area contributed by atoms with E-state index < -0.39 is 0 Å². The predicted octanol–water partition coefficient (Wildman–Crippen LogP) is 3.88. The van der Waals surface area contributed by atoms with E-state index in [0.29, 0.717) is 5.75 Å². The SMILES string of the molecule is Cc1ccc(CSCC(=O)NCCSC(C)(C)C)cc1. The van der Waals surface area contributed by atoms with Crippen molar-refractivity contribution in [3.05, 3.63) is 35.4 Å². The molecule has 0 saturated heterocycles. The van der Waals surface area contributed by atoms with E-state index in [-0.39, 0.29) is 10.7 Å². The molecule has 112 valence electrons. The summed E-state index contributed by atoms with van der Waals surface area (Å²) in [5.74, 6) is 2.53. The fraction of sp³-hybridized carbons (Fsp3) is 0.562. The summed E-state index contributed by atoms with van der Waals surface area (Å²) >= 11 is 3.54. The molecule has 0 radical (unpaired) electrons. The van der Waals surface area contributed by atoms with Crippen molar-refractivity contribution in [1.29, 1.82) is 0 Å². The molecular weight excluding hydrogens is 286 g/mol. The Hall–Kier alpha value is -0.610. The first-order chi connectivity index (χ1) is 9.37. The van der Waals surface area contributed by atoms with E-state index in [2.05, 4.69) is 57.3 Å². The van der Waals surface area contributed by atoms with Gasteiger partial charge in [-0.15, -0.1) is 11.8 Å². The smallest absolute Gasteiger partial charge is 0.230 e. The molecule has 0 aliphatic heterocycles. The molecule has 1 aromatic carbocycles. The maximum Gasteiger partial charge on any atom is 0.230 e. The third-order valence-electron chi connectivity index (χ3n) is 2.58. The summed E-state index contributed by atoms with van der Waals surface area (Å²) in [6, 6.07) is 8.47. The molecule has 0 bridgehead atoms. The second kappa shape index (κ2) is 8.63. The van der Waals surface area contributed by atoms with Gasteiger partial charge in [-0.1, -0.05) is 50.6 Å². The van der Waals surface area contributed by atoms with Crippen LogP contribution in [0.1, 0.15) is 31.9 Å². The fourth-order valence-electron chi connectivity index (χ4n) is 1.54. The van der Waals surface area contributed by atoms with E-state index in [4.69, 9.17) is 0 Å². The number of rotatable bonds is 7. The zero-order valence-corrected chi connectivity index (χ0v) is 14.5. The second-order valence-corrected chi connectivity index (χ2v) is 8.70. The van der Waals surface area contributed by atoms with Crippen LogP contribution in [0.15, 0.2) is 24.3 Å². The van der Waals surface area contributed by atoms with Gasteiger partial charge >= 0.3 is 0 Å². The average molecular weight is 312 g/mol. The van der Waals surface area contributed by atoms with Crippen LogP contribution < -0.4 is 5.32 Å². The summed E-state index contributed by atoms with van der Waals surface area (Å²) in [6.45, 7) is 9.41. The highest BCUT2D eigenvalue weighted by molar-refractivity contribution is 8.00. The van der Waals surface area contributed by atoms with Gasteiger partial charge in [0.1, 0.15) is 0 Å². The number of carbonyl (C=O) groups is 1. The Kier molecular flexibility index (Phi) is 7.52. The Balaban J connectivity index is 2.10. The Morgan fingerprint density at radius 3 is 2.45 bits per heavy atom. The average Bonchev–Trinajstić information content (AvgIpc) is 2.36. The predicted molar refractivity (Wildman–Crippen MR) is 92.6 cm³/mol. The molecule has 0 fully saturated rings. The van der Waals surface area contributed by atoms with Crippen molar-refractivity contribution in [3.63, 3.8) is 0 Å². The van der Waals surface area contributed by atoms with Crippen LogP contribution in [0.3, 0.4) is 0 Å². The lowest BCUT2D eigenvalue weighted by Gasteiger charge is -2.17. The lowest BCUT2D eigenvalue weighted by atomic mass is 10.2. The molecule has 0 saturated carbocycles. The third-order valence-corrected chi connectivity index (χ3v) is 4.86. The van der Waals surface area contributed by atoms with Gasteiger partial charge in [0, 0.05) is 22.8 Å². The Labute approximate surface area is 131 Å². The van der Waals surface area contributed by atoms with Crippen LogP contribution in [-0.2, 0) is 10.5 Å². The van der Waals surface area contributed by atoms with E-state index in [9.17, 15) is 4.79 Å². The molecule has 4 heteroatoms. The van der Waals surface area contributed by atoms with E-state index in [0.717, 1.165) is 18.1 Å². The lowest BCUT2D eigenvalue weighted by Crippen LogP contribution is -2.28. The highest BCUT2D eigenvalue weighted by atomic mass is 32.2. The largest absolute Gasteiger partial charge is 0.355 e. The van der Waals surface area contributed by atoms with Gasteiger partial charge in [0.2, 0.25) is 5.91 Å². The lowest BCUT2D eigenvalue weighted by molar-refractivity contribution is -0.118. The molecule has 1 N–H and O–H groups in total. The number of amides is 1. The van der Waals surface area contributed by atoms with Crippen molar-refractivity contribution >= 4 is 29.4 Å². The van der Waals surface area contributed by atoms with Crippen LogP contribution in [0.4, 0.5) is 0 Å². The van der Waals surface area contributed by atoms with Crippen LogP contribution in [0.2, 0.25) is 0 Å². The molecule has 0 unspecified atom stereocenters. The molecule has 0 aliphatic carbocycles. The van der Waals surface area contributed by atoms with Crippen LogP contribution in [-0.4, -0.2) is 28.7 Å². The van der Waals surface area contributed by atoms with Gasteiger partial charge < -0.3 is 5.32 Å². The van der Waals surface area contributed by atoms with E-state index in [1.807, 2.05) is 11.8 Å². The van der Waals surface area contributed by atoms with Gasteiger partial charge in [0.15, 0.2) is 0 Å². The summed E-state index contributed by atoms with van der Waals surface area (Å²) in [6.07, 6.45) is 0. The van der Waals surface area contributed by atoms with E-state index in [1.165, 1.54) is 11.1 Å². The number of aryl methyl sites for hydroxylation is 1. The van der Waals surface area contributed by atoms with Crippen LogP contribution in [0.25, 0.3) is 0 Å². The molecule has 0 aromatic heterocycles. The molecule has 20 heavy (non-hydrogen) atoms. The van der Waals surface area contributed by atoms with Crippen molar-refractivity contribution in [1.82, 2.24) is 5.32 Å². The summed E-state index contributed by atoms with van der Waals surface area (Å²) in [4.78, 5) is 11.7. The monoisotopic (exact) mass is 311 g/mol. The highest BCUT2D eigenvalue weighted by Crippen LogP contribution is 2.22. The maximum absolute atomic E-state index is 11.7. The van der Waals surface area contributed by atoms with Crippen molar-refractivity contribution < 1.29 is 4.79 Å². The van der Waals surface area contributed by atoms with Crippen LogP contribution in [0.5, 0.6) is 0 Å². The van der Waals surface area contributed by atoms with Gasteiger partial charge in [0.25, 0.3) is 0 Å². The number of nitrogens with one attached hydrogen (secondary N) is 1. The molecule has 0 spiro atoms. The number of carbonyl (C=O) groups excluding carboxylic acids is 1. The molecule has 0 atom stereocenters. The second-order valence-electron chi connectivity index (χ2n) is 5.79. The third kappa shape index (κ3) is 8.54. The Morgan fingerprint density at radius 2 is 1.85 bits per heavy atom. The minimum Gasteiger partial charge on any atom is -0.355 e.